The molecule has 8 heteroatoms. The standard InChI is InChI=1S/C11H14N4O4/c1-7-2-9(16)15(10(17)3-7)5-8-4-14(13-12-8)6-11(18)19/h4,7H,2-3,5-6H2,1H3,(H,18,19). The highest BCUT2D eigenvalue weighted by molar-refractivity contribution is 5.97. The van der Waals surface area contributed by atoms with Crippen molar-refractivity contribution in [2.75, 3.05) is 0 Å². The number of imide groups is 1. The van der Waals surface area contributed by atoms with E-state index in [1.54, 1.807) is 0 Å². The molecule has 2 amide bonds. The quantitative estimate of drug-likeness (QED) is 0.746. The van der Waals surface area contributed by atoms with Crippen LogP contribution in [-0.2, 0) is 27.5 Å². The lowest BCUT2D eigenvalue weighted by Gasteiger charge is -2.27. The van der Waals surface area contributed by atoms with Gasteiger partial charge in [-0.25, -0.2) is 4.68 Å². The van der Waals surface area contributed by atoms with E-state index < -0.39 is 5.97 Å². The molecule has 0 bridgehead atoms. The molecule has 19 heavy (non-hydrogen) atoms. The molecule has 0 saturated carbocycles. The summed E-state index contributed by atoms with van der Waals surface area (Å²) in [5.74, 6) is -1.41. The number of aromatic nitrogens is 3. The van der Waals surface area contributed by atoms with E-state index in [4.69, 9.17) is 5.11 Å². The predicted molar refractivity (Wildman–Crippen MR) is 61.6 cm³/mol. The molecule has 1 aromatic rings. The highest BCUT2D eigenvalue weighted by Gasteiger charge is 2.30. The van der Waals surface area contributed by atoms with Crippen molar-refractivity contribution < 1.29 is 19.5 Å². The fourth-order valence-corrected chi connectivity index (χ4v) is 1.99. The molecule has 1 aromatic heterocycles. The summed E-state index contributed by atoms with van der Waals surface area (Å²) < 4.78 is 1.15. The van der Waals surface area contributed by atoms with E-state index >= 15 is 0 Å². The molecule has 1 fully saturated rings. The lowest BCUT2D eigenvalue weighted by Crippen LogP contribution is -2.42. The summed E-state index contributed by atoms with van der Waals surface area (Å²) in [4.78, 5) is 35.2. The Balaban J connectivity index is 2.04. The lowest BCUT2D eigenvalue weighted by molar-refractivity contribution is -0.150. The molecule has 0 aliphatic carbocycles. The molecule has 1 aliphatic heterocycles. The van der Waals surface area contributed by atoms with Gasteiger partial charge >= 0.3 is 5.97 Å². The van der Waals surface area contributed by atoms with Crippen LogP contribution in [0, 0.1) is 5.92 Å². The summed E-state index contributed by atoms with van der Waals surface area (Å²) >= 11 is 0. The summed E-state index contributed by atoms with van der Waals surface area (Å²) in [6.45, 7) is 1.60. The zero-order valence-corrected chi connectivity index (χ0v) is 10.4. The Morgan fingerprint density at radius 2 is 2.05 bits per heavy atom. The van der Waals surface area contributed by atoms with Gasteiger partial charge in [-0.2, -0.15) is 0 Å². The summed E-state index contributed by atoms with van der Waals surface area (Å²) in [7, 11) is 0. The minimum Gasteiger partial charge on any atom is -0.480 e. The average molecular weight is 266 g/mol. The number of carboxylic acids is 1. The van der Waals surface area contributed by atoms with E-state index in [9.17, 15) is 14.4 Å². The zero-order valence-electron chi connectivity index (χ0n) is 10.4. The van der Waals surface area contributed by atoms with Gasteiger partial charge in [-0.3, -0.25) is 19.3 Å². The first kappa shape index (κ1) is 13.2. The Labute approximate surface area is 109 Å². The number of rotatable bonds is 4. The summed E-state index contributed by atoms with van der Waals surface area (Å²) in [5.41, 5.74) is 0.400. The number of nitrogens with zero attached hydrogens (tertiary/aromatic N) is 4. The Hall–Kier alpha value is -2.25. The molecule has 0 aromatic carbocycles. The third-order valence-electron chi connectivity index (χ3n) is 2.85. The SMILES string of the molecule is CC1CC(=O)N(Cc2cn(CC(=O)O)nn2)C(=O)C1. The van der Waals surface area contributed by atoms with Gasteiger partial charge in [0.05, 0.1) is 12.7 Å². The molecule has 2 rings (SSSR count). The average Bonchev–Trinajstić information content (AvgIpc) is 2.70. The number of carbonyl (C=O) groups is 3. The van der Waals surface area contributed by atoms with Crippen LogP contribution in [0.15, 0.2) is 6.20 Å². The molecule has 8 nitrogen and oxygen atoms in total. The lowest BCUT2D eigenvalue weighted by atomic mass is 9.98. The molecule has 1 saturated heterocycles. The maximum absolute atomic E-state index is 11.8. The Bertz CT molecular complexity index is 507. The second kappa shape index (κ2) is 5.17. The topological polar surface area (TPSA) is 105 Å². The van der Waals surface area contributed by atoms with Gasteiger partial charge in [-0.15, -0.1) is 5.10 Å². The molecule has 0 unspecified atom stereocenters. The predicted octanol–water partition coefficient (Wildman–Crippen LogP) is -0.352. The van der Waals surface area contributed by atoms with Gasteiger partial charge in [0.2, 0.25) is 11.8 Å². The van der Waals surface area contributed by atoms with Crippen molar-refractivity contribution in [2.24, 2.45) is 5.92 Å². The Morgan fingerprint density at radius 3 is 2.63 bits per heavy atom. The molecule has 0 atom stereocenters. The van der Waals surface area contributed by atoms with E-state index in [0.29, 0.717) is 18.5 Å². The van der Waals surface area contributed by atoms with Crippen LogP contribution in [0.1, 0.15) is 25.5 Å². The Morgan fingerprint density at radius 1 is 1.42 bits per heavy atom. The van der Waals surface area contributed by atoms with E-state index in [2.05, 4.69) is 10.3 Å². The van der Waals surface area contributed by atoms with E-state index in [1.165, 1.54) is 6.20 Å². The number of hydrogen-bond donors (Lipinski definition) is 1. The van der Waals surface area contributed by atoms with Crippen molar-refractivity contribution in [3.63, 3.8) is 0 Å². The number of aliphatic carboxylic acids is 1. The third kappa shape index (κ3) is 3.15. The molecule has 0 spiro atoms. The van der Waals surface area contributed by atoms with Crippen molar-refractivity contribution in [1.29, 1.82) is 0 Å². The maximum atomic E-state index is 11.8. The number of piperidine rings is 1. The van der Waals surface area contributed by atoms with Gasteiger partial charge in [0.25, 0.3) is 0 Å². The minimum absolute atomic E-state index is 0.0456. The normalized spacial score (nSPS) is 17.0. The first-order valence-corrected chi connectivity index (χ1v) is 5.89. The monoisotopic (exact) mass is 266 g/mol. The molecule has 102 valence electrons. The molecule has 0 radical (unpaired) electrons. The number of carbonyl (C=O) groups excluding carboxylic acids is 2. The van der Waals surface area contributed by atoms with Crippen LogP contribution in [-0.4, -0.2) is 42.8 Å². The smallest absolute Gasteiger partial charge is 0.325 e. The van der Waals surface area contributed by atoms with Gasteiger partial charge in [-0.1, -0.05) is 12.1 Å². The van der Waals surface area contributed by atoms with Crippen LogP contribution >= 0.6 is 0 Å². The molecular formula is C11H14N4O4. The largest absolute Gasteiger partial charge is 0.480 e. The van der Waals surface area contributed by atoms with Crippen LogP contribution in [0.25, 0.3) is 0 Å². The first-order chi connectivity index (χ1) is 8.95. The zero-order chi connectivity index (χ0) is 14.0. The number of likely N-dealkylation sites (tertiary alicyclic amines) is 1. The van der Waals surface area contributed by atoms with Crippen LogP contribution in [0.4, 0.5) is 0 Å². The second-order valence-corrected chi connectivity index (χ2v) is 4.69. The van der Waals surface area contributed by atoms with E-state index in [-0.39, 0.29) is 30.8 Å². The van der Waals surface area contributed by atoms with Crippen LogP contribution in [0.3, 0.4) is 0 Å². The fourth-order valence-electron chi connectivity index (χ4n) is 1.99. The molecule has 1 N–H and O–H groups in total. The fraction of sp³-hybridized carbons (Fsp3) is 0.545. The van der Waals surface area contributed by atoms with Crippen molar-refractivity contribution in [3.8, 4) is 0 Å². The van der Waals surface area contributed by atoms with Crippen LogP contribution in [0.5, 0.6) is 0 Å². The van der Waals surface area contributed by atoms with Gasteiger partial charge < -0.3 is 5.11 Å². The van der Waals surface area contributed by atoms with Gasteiger partial charge in [-0.05, 0) is 5.92 Å². The minimum atomic E-state index is -1.03. The van der Waals surface area contributed by atoms with Crippen molar-refractivity contribution in [3.05, 3.63) is 11.9 Å². The molecule has 1 aliphatic rings. The van der Waals surface area contributed by atoms with Gasteiger partial charge in [0, 0.05) is 12.8 Å². The highest BCUT2D eigenvalue weighted by atomic mass is 16.4. The van der Waals surface area contributed by atoms with Crippen molar-refractivity contribution in [1.82, 2.24) is 19.9 Å². The second-order valence-electron chi connectivity index (χ2n) is 4.69. The van der Waals surface area contributed by atoms with Gasteiger partial charge in [0.15, 0.2) is 0 Å². The van der Waals surface area contributed by atoms with Crippen molar-refractivity contribution >= 4 is 17.8 Å². The summed E-state index contributed by atoms with van der Waals surface area (Å²) in [6, 6.07) is 0. The van der Waals surface area contributed by atoms with Crippen LogP contribution in [0.2, 0.25) is 0 Å². The third-order valence-corrected chi connectivity index (χ3v) is 2.85. The maximum Gasteiger partial charge on any atom is 0.325 e. The van der Waals surface area contributed by atoms with Gasteiger partial charge in [0.1, 0.15) is 12.2 Å². The molecular weight excluding hydrogens is 252 g/mol. The summed E-state index contributed by atoms with van der Waals surface area (Å²) in [6.07, 6.45) is 2.11. The van der Waals surface area contributed by atoms with Crippen molar-refractivity contribution in [2.45, 2.75) is 32.9 Å². The summed E-state index contributed by atoms with van der Waals surface area (Å²) in [5, 5.41) is 16.0. The number of hydrogen-bond acceptors (Lipinski definition) is 5. The highest BCUT2D eigenvalue weighted by Crippen LogP contribution is 2.20. The molecule has 2 heterocycles. The van der Waals surface area contributed by atoms with E-state index in [0.717, 1.165) is 9.58 Å². The number of amides is 2. The first-order valence-electron chi connectivity index (χ1n) is 5.89. The van der Waals surface area contributed by atoms with Crippen LogP contribution < -0.4 is 0 Å². The van der Waals surface area contributed by atoms with E-state index in [1.807, 2.05) is 6.92 Å². The Kier molecular flexibility index (Phi) is 3.59. The number of carboxylic acid groups (broad SMARTS) is 1.